The molecule has 1 aromatic rings. The Bertz CT molecular complexity index is 319. The molecule has 2 heterocycles. The Morgan fingerprint density at radius 2 is 2.12 bits per heavy atom. The van der Waals surface area contributed by atoms with Crippen LogP contribution < -0.4 is 10.2 Å². The zero-order valence-electron chi connectivity index (χ0n) is 10.1. The highest BCUT2D eigenvalue weighted by atomic mass is 15.2. The van der Waals surface area contributed by atoms with Gasteiger partial charge in [0, 0.05) is 19.3 Å². The minimum absolute atomic E-state index is 1.02. The van der Waals surface area contributed by atoms with Gasteiger partial charge in [0.1, 0.15) is 5.82 Å². The largest absolute Gasteiger partial charge is 0.356 e. The van der Waals surface area contributed by atoms with Crippen LogP contribution in [0.2, 0.25) is 0 Å². The molecule has 0 amide bonds. The van der Waals surface area contributed by atoms with Crippen molar-refractivity contribution in [2.45, 2.75) is 25.7 Å². The van der Waals surface area contributed by atoms with E-state index in [-0.39, 0.29) is 0 Å². The number of piperidine rings is 1. The molecule has 1 saturated heterocycles. The van der Waals surface area contributed by atoms with Gasteiger partial charge in [0.25, 0.3) is 0 Å². The first-order valence-corrected chi connectivity index (χ1v) is 6.25. The average molecular weight is 219 g/mol. The van der Waals surface area contributed by atoms with Crippen LogP contribution in [-0.2, 0) is 6.42 Å². The summed E-state index contributed by atoms with van der Waals surface area (Å²) in [6.45, 7) is 3.36. The van der Waals surface area contributed by atoms with Gasteiger partial charge in [0.05, 0.1) is 0 Å². The van der Waals surface area contributed by atoms with E-state index in [0.29, 0.717) is 0 Å². The van der Waals surface area contributed by atoms with Gasteiger partial charge in [-0.1, -0.05) is 6.07 Å². The van der Waals surface area contributed by atoms with E-state index in [1.165, 1.54) is 43.7 Å². The lowest BCUT2D eigenvalue weighted by atomic mass is 10.1. The summed E-state index contributed by atoms with van der Waals surface area (Å²) < 4.78 is 0. The number of nitrogens with one attached hydrogen (secondary N) is 1. The monoisotopic (exact) mass is 219 g/mol. The zero-order valence-corrected chi connectivity index (χ0v) is 10.1. The van der Waals surface area contributed by atoms with Crippen molar-refractivity contribution in [1.29, 1.82) is 0 Å². The summed E-state index contributed by atoms with van der Waals surface area (Å²) in [6, 6.07) is 4.24. The highest BCUT2D eigenvalue weighted by Gasteiger charge is 2.14. The van der Waals surface area contributed by atoms with Crippen LogP contribution in [0, 0.1) is 0 Å². The van der Waals surface area contributed by atoms with Crippen LogP contribution in [0.15, 0.2) is 18.3 Å². The van der Waals surface area contributed by atoms with Crippen molar-refractivity contribution in [3.8, 4) is 0 Å². The molecule has 1 fully saturated rings. The highest BCUT2D eigenvalue weighted by Crippen LogP contribution is 2.21. The maximum Gasteiger partial charge on any atom is 0.131 e. The third-order valence-electron chi connectivity index (χ3n) is 3.17. The number of hydrogen-bond acceptors (Lipinski definition) is 3. The third-order valence-corrected chi connectivity index (χ3v) is 3.17. The van der Waals surface area contributed by atoms with Gasteiger partial charge in [0.15, 0.2) is 0 Å². The zero-order chi connectivity index (χ0) is 11.2. The fraction of sp³-hybridized carbons (Fsp3) is 0.615. The molecule has 2 rings (SSSR count). The smallest absolute Gasteiger partial charge is 0.131 e. The topological polar surface area (TPSA) is 28.2 Å². The normalized spacial score (nSPS) is 16.4. The van der Waals surface area contributed by atoms with Crippen molar-refractivity contribution in [2.75, 3.05) is 31.6 Å². The number of hydrogen-bond donors (Lipinski definition) is 1. The molecule has 0 saturated carbocycles. The van der Waals surface area contributed by atoms with E-state index in [9.17, 15) is 0 Å². The summed E-state index contributed by atoms with van der Waals surface area (Å²) in [5, 5.41) is 3.20. The lowest BCUT2D eigenvalue weighted by Gasteiger charge is -2.29. The van der Waals surface area contributed by atoms with Crippen LogP contribution >= 0.6 is 0 Å². The minimum atomic E-state index is 1.02. The van der Waals surface area contributed by atoms with Crippen LogP contribution in [0.3, 0.4) is 0 Å². The summed E-state index contributed by atoms with van der Waals surface area (Å²) in [5.74, 6) is 1.21. The first kappa shape index (κ1) is 11.4. The molecule has 0 spiro atoms. The van der Waals surface area contributed by atoms with E-state index in [2.05, 4.69) is 21.3 Å². The molecule has 0 atom stereocenters. The Morgan fingerprint density at radius 3 is 2.88 bits per heavy atom. The van der Waals surface area contributed by atoms with Crippen molar-refractivity contribution < 1.29 is 0 Å². The molecular weight excluding hydrogens is 198 g/mol. The van der Waals surface area contributed by atoms with Crippen molar-refractivity contribution >= 4 is 5.82 Å². The molecule has 3 nitrogen and oxygen atoms in total. The summed E-state index contributed by atoms with van der Waals surface area (Å²) in [7, 11) is 2.00. The van der Waals surface area contributed by atoms with E-state index in [1.54, 1.807) is 0 Å². The first-order chi connectivity index (χ1) is 7.92. The molecule has 16 heavy (non-hydrogen) atoms. The summed E-state index contributed by atoms with van der Waals surface area (Å²) >= 11 is 0. The Morgan fingerprint density at radius 1 is 1.31 bits per heavy atom. The number of likely N-dealkylation sites (N-methyl/N-ethyl adjacent to an activating group) is 1. The molecule has 3 heteroatoms. The SMILES string of the molecule is CNCCc1cccnc1N1CCCCC1. The van der Waals surface area contributed by atoms with Gasteiger partial charge in [0.2, 0.25) is 0 Å². The van der Waals surface area contributed by atoms with Crippen molar-refractivity contribution in [3.63, 3.8) is 0 Å². The second-order valence-corrected chi connectivity index (χ2v) is 4.39. The Balaban J connectivity index is 2.11. The number of pyridine rings is 1. The van der Waals surface area contributed by atoms with Gasteiger partial charge in [-0.2, -0.15) is 0 Å². The van der Waals surface area contributed by atoms with E-state index in [4.69, 9.17) is 0 Å². The molecule has 0 bridgehead atoms. The number of aromatic nitrogens is 1. The Hall–Kier alpha value is -1.09. The second-order valence-electron chi connectivity index (χ2n) is 4.39. The van der Waals surface area contributed by atoms with Gasteiger partial charge < -0.3 is 10.2 Å². The minimum Gasteiger partial charge on any atom is -0.356 e. The maximum absolute atomic E-state index is 4.55. The molecule has 1 N–H and O–H groups in total. The predicted molar refractivity (Wildman–Crippen MR) is 67.9 cm³/mol. The van der Waals surface area contributed by atoms with Crippen molar-refractivity contribution in [3.05, 3.63) is 23.9 Å². The molecule has 1 aliphatic rings. The molecule has 1 aliphatic heterocycles. The molecule has 0 unspecified atom stereocenters. The van der Waals surface area contributed by atoms with Crippen LogP contribution in [0.4, 0.5) is 5.82 Å². The molecular formula is C13H21N3. The molecule has 88 valence electrons. The second kappa shape index (κ2) is 5.85. The summed E-state index contributed by atoms with van der Waals surface area (Å²) in [4.78, 5) is 6.99. The highest BCUT2D eigenvalue weighted by molar-refractivity contribution is 5.47. The Labute approximate surface area is 97.9 Å². The fourth-order valence-corrected chi connectivity index (χ4v) is 2.28. The van der Waals surface area contributed by atoms with Gasteiger partial charge in [-0.3, -0.25) is 0 Å². The van der Waals surface area contributed by atoms with Gasteiger partial charge >= 0.3 is 0 Å². The average Bonchev–Trinajstić information content (AvgIpc) is 2.38. The van der Waals surface area contributed by atoms with Gasteiger partial charge in [-0.25, -0.2) is 4.98 Å². The number of nitrogens with zero attached hydrogens (tertiary/aromatic N) is 2. The summed E-state index contributed by atoms with van der Waals surface area (Å²) in [6.07, 6.45) is 6.96. The number of anilines is 1. The van der Waals surface area contributed by atoms with Crippen LogP contribution in [0.1, 0.15) is 24.8 Å². The van der Waals surface area contributed by atoms with E-state index < -0.39 is 0 Å². The lowest BCUT2D eigenvalue weighted by molar-refractivity contribution is 0.571. The molecule has 0 aromatic carbocycles. The maximum atomic E-state index is 4.55. The van der Waals surface area contributed by atoms with E-state index >= 15 is 0 Å². The number of rotatable bonds is 4. The fourth-order valence-electron chi connectivity index (χ4n) is 2.28. The van der Waals surface area contributed by atoms with Gasteiger partial charge in [-0.15, -0.1) is 0 Å². The van der Waals surface area contributed by atoms with Gasteiger partial charge in [-0.05, 0) is 50.9 Å². The summed E-state index contributed by atoms with van der Waals surface area (Å²) in [5.41, 5.74) is 1.37. The third kappa shape index (κ3) is 2.73. The lowest BCUT2D eigenvalue weighted by Crippen LogP contribution is -2.31. The van der Waals surface area contributed by atoms with Crippen LogP contribution in [0.25, 0.3) is 0 Å². The molecule has 1 aromatic heterocycles. The van der Waals surface area contributed by atoms with Crippen LogP contribution in [0.5, 0.6) is 0 Å². The predicted octanol–water partition coefficient (Wildman–Crippen LogP) is 1.83. The molecule has 0 aliphatic carbocycles. The van der Waals surface area contributed by atoms with Crippen molar-refractivity contribution in [1.82, 2.24) is 10.3 Å². The first-order valence-electron chi connectivity index (χ1n) is 6.25. The van der Waals surface area contributed by atoms with E-state index in [1.807, 2.05) is 19.3 Å². The quantitative estimate of drug-likeness (QED) is 0.837. The molecule has 0 radical (unpaired) electrons. The van der Waals surface area contributed by atoms with Crippen LogP contribution in [-0.4, -0.2) is 31.7 Å². The standard InChI is InChI=1S/C13H21N3/c1-14-9-7-12-6-5-8-15-13(12)16-10-3-2-4-11-16/h5-6,8,14H,2-4,7,9-11H2,1H3. The Kier molecular flexibility index (Phi) is 4.17. The van der Waals surface area contributed by atoms with E-state index in [0.717, 1.165) is 13.0 Å². The van der Waals surface area contributed by atoms with Crippen molar-refractivity contribution in [2.24, 2.45) is 0 Å².